The van der Waals surface area contributed by atoms with Crippen molar-refractivity contribution in [1.82, 2.24) is 10.2 Å². The molecule has 0 aromatic carbocycles. The zero-order valence-corrected chi connectivity index (χ0v) is 8.69. The first-order valence-electron chi connectivity index (χ1n) is 4.73. The molecule has 0 aliphatic carbocycles. The number of rotatable bonds is 3. The van der Waals surface area contributed by atoms with E-state index in [1.807, 2.05) is 13.8 Å². The van der Waals surface area contributed by atoms with Gasteiger partial charge in [-0.3, -0.25) is 14.4 Å². The van der Waals surface area contributed by atoms with Crippen molar-refractivity contribution in [2.75, 3.05) is 13.1 Å². The topological polar surface area (TPSA) is 86.7 Å². The molecule has 0 spiro atoms. The van der Waals surface area contributed by atoms with E-state index < -0.39 is 24.3 Å². The minimum absolute atomic E-state index is 0.165. The van der Waals surface area contributed by atoms with Gasteiger partial charge in [-0.05, 0) is 5.92 Å². The van der Waals surface area contributed by atoms with Crippen LogP contribution in [0.4, 0.5) is 0 Å². The molecule has 0 aromatic rings. The van der Waals surface area contributed by atoms with Gasteiger partial charge >= 0.3 is 17.8 Å². The molecule has 84 valence electrons. The Morgan fingerprint density at radius 3 is 2.67 bits per heavy atom. The number of nitrogens with zero attached hydrogens (tertiary/aromatic N) is 1. The number of hydrogen-bond acceptors (Lipinski definition) is 3. The molecule has 1 unspecified atom stereocenters. The van der Waals surface area contributed by atoms with Crippen LogP contribution in [-0.4, -0.2) is 46.9 Å². The van der Waals surface area contributed by atoms with Gasteiger partial charge in [-0.25, -0.2) is 0 Å². The van der Waals surface area contributed by atoms with Crippen LogP contribution in [0.1, 0.15) is 13.8 Å². The molecule has 6 nitrogen and oxygen atoms in total. The number of nitrogens with one attached hydrogen (secondary N) is 1. The molecule has 6 heteroatoms. The number of piperazine rings is 1. The molecule has 1 rings (SSSR count). The van der Waals surface area contributed by atoms with Gasteiger partial charge in [0.15, 0.2) is 0 Å². The van der Waals surface area contributed by atoms with Crippen LogP contribution >= 0.6 is 0 Å². The summed E-state index contributed by atoms with van der Waals surface area (Å²) in [5, 5.41) is 11.1. The van der Waals surface area contributed by atoms with Gasteiger partial charge in [0.2, 0.25) is 0 Å². The third-order valence-electron chi connectivity index (χ3n) is 2.35. The average molecular weight is 214 g/mol. The Labute approximate surface area is 87.2 Å². The maximum Gasteiger partial charge on any atom is 0.323 e. The van der Waals surface area contributed by atoms with Gasteiger partial charge in [0.25, 0.3) is 0 Å². The average Bonchev–Trinajstić information content (AvgIpc) is 2.11. The van der Waals surface area contributed by atoms with Crippen LogP contribution in [0.2, 0.25) is 0 Å². The largest absolute Gasteiger partial charge is 0.480 e. The zero-order valence-electron chi connectivity index (χ0n) is 8.69. The van der Waals surface area contributed by atoms with E-state index in [1.165, 1.54) is 0 Å². The number of hydrogen-bond donors (Lipinski definition) is 2. The van der Waals surface area contributed by atoms with Crippen molar-refractivity contribution in [2.45, 2.75) is 19.9 Å². The van der Waals surface area contributed by atoms with Crippen LogP contribution in [0, 0.1) is 5.92 Å². The van der Waals surface area contributed by atoms with E-state index in [0.29, 0.717) is 0 Å². The Kier molecular flexibility index (Phi) is 3.28. The Balaban J connectivity index is 2.72. The summed E-state index contributed by atoms with van der Waals surface area (Å²) in [4.78, 5) is 34.0. The molecular weight excluding hydrogens is 200 g/mol. The molecule has 1 atom stereocenters. The van der Waals surface area contributed by atoms with E-state index in [4.69, 9.17) is 5.11 Å². The van der Waals surface area contributed by atoms with E-state index >= 15 is 0 Å². The van der Waals surface area contributed by atoms with Crippen molar-refractivity contribution >= 4 is 17.8 Å². The summed E-state index contributed by atoms with van der Waals surface area (Å²) >= 11 is 0. The highest BCUT2D eigenvalue weighted by molar-refractivity contribution is 6.35. The minimum Gasteiger partial charge on any atom is -0.480 e. The lowest BCUT2D eigenvalue weighted by atomic mass is 10.0. The summed E-state index contributed by atoms with van der Waals surface area (Å²) in [6.07, 6.45) is 0. The van der Waals surface area contributed by atoms with Gasteiger partial charge in [0.1, 0.15) is 6.54 Å². The lowest BCUT2D eigenvalue weighted by Gasteiger charge is -2.33. The van der Waals surface area contributed by atoms with Crippen LogP contribution < -0.4 is 5.32 Å². The van der Waals surface area contributed by atoms with E-state index in [9.17, 15) is 14.4 Å². The predicted octanol–water partition coefficient (Wildman–Crippen LogP) is -0.946. The fraction of sp³-hybridized carbons (Fsp3) is 0.667. The fourth-order valence-electron chi connectivity index (χ4n) is 1.42. The third kappa shape index (κ3) is 2.68. The van der Waals surface area contributed by atoms with Crippen LogP contribution in [0.15, 0.2) is 0 Å². The number of aliphatic carboxylic acids is 1. The second kappa shape index (κ2) is 4.29. The Morgan fingerprint density at radius 1 is 1.60 bits per heavy atom. The van der Waals surface area contributed by atoms with Crippen molar-refractivity contribution in [1.29, 1.82) is 0 Å². The second-order valence-electron chi connectivity index (χ2n) is 3.90. The monoisotopic (exact) mass is 214 g/mol. The highest BCUT2D eigenvalue weighted by atomic mass is 16.4. The van der Waals surface area contributed by atoms with Crippen molar-refractivity contribution < 1.29 is 19.5 Å². The minimum atomic E-state index is -1.11. The van der Waals surface area contributed by atoms with Crippen LogP contribution in [-0.2, 0) is 14.4 Å². The molecule has 0 aromatic heterocycles. The zero-order chi connectivity index (χ0) is 11.6. The maximum atomic E-state index is 11.3. The molecule has 15 heavy (non-hydrogen) atoms. The van der Waals surface area contributed by atoms with Gasteiger partial charge in [0.05, 0.1) is 0 Å². The van der Waals surface area contributed by atoms with E-state index in [-0.39, 0.29) is 18.5 Å². The van der Waals surface area contributed by atoms with E-state index in [2.05, 4.69) is 5.32 Å². The summed E-state index contributed by atoms with van der Waals surface area (Å²) in [6.45, 7) is 3.64. The summed E-state index contributed by atoms with van der Waals surface area (Å²) in [5.74, 6) is -2.44. The number of carboxylic acid groups (broad SMARTS) is 1. The van der Waals surface area contributed by atoms with Crippen molar-refractivity contribution in [3.63, 3.8) is 0 Å². The quantitative estimate of drug-likeness (QED) is 0.593. The SMILES string of the molecule is CC(C)C1CN(CC(=O)O)C(=O)C(=O)N1. The number of carbonyl (C=O) groups is 3. The van der Waals surface area contributed by atoms with Crippen LogP contribution in [0.3, 0.4) is 0 Å². The first kappa shape index (κ1) is 11.5. The maximum absolute atomic E-state index is 11.3. The van der Waals surface area contributed by atoms with Gasteiger partial charge in [0, 0.05) is 12.6 Å². The first-order chi connectivity index (χ1) is 6.91. The lowest BCUT2D eigenvalue weighted by Crippen LogP contribution is -2.60. The van der Waals surface area contributed by atoms with Gasteiger partial charge in [-0.2, -0.15) is 0 Å². The van der Waals surface area contributed by atoms with Crippen molar-refractivity contribution in [2.24, 2.45) is 5.92 Å². The van der Waals surface area contributed by atoms with Gasteiger partial charge < -0.3 is 15.3 Å². The summed E-state index contributed by atoms with van der Waals surface area (Å²) < 4.78 is 0. The molecule has 0 radical (unpaired) electrons. The van der Waals surface area contributed by atoms with Crippen LogP contribution in [0.25, 0.3) is 0 Å². The molecule has 1 heterocycles. The highest BCUT2D eigenvalue weighted by Crippen LogP contribution is 2.09. The third-order valence-corrected chi connectivity index (χ3v) is 2.35. The van der Waals surface area contributed by atoms with Gasteiger partial charge in [-0.15, -0.1) is 0 Å². The molecule has 1 aliphatic rings. The normalized spacial score (nSPS) is 21.8. The Hall–Kier alpha value is -1.59. The highest BCUT2D eigenvalue weighted by Gasteiger charge is 2.34. The number of carbonyl (C=O) groups excluding carboxylic acids is 2. The molecule has 1 fully saturated rings. The number of carboxylic acids is 1. The van der Waals surface area contributed by atoms with Gasteiger partial charge in [-0.1, -0.05) is 13.8 Å². The predicted molar refractivity (Wildman–Crippen MR) is 51.0 cm³/mol. The van der Waals surface area contributed by atoms with E-state index in [1.54, 1.807) is 0 Å². The fourth-order valence-corrected chi connectivity index (χ4v) is 1.42. The molecular formula is C9H14N2O4. The molecule has 0 bridgehead atoms. The van der Waals surface area contributed by atoms with Crippen molar-refractivity contribution in [3.05, 3.63) is 0 Å². The molecule has 1 aliphatic heterocycles. The smallest absolute Gasteiger partial charge is 0.323 e. The molecule has 2 amide bonds. The summed E-state index contributed by atoms with van der Waals surface area (Å²) in [7, 11) is 0. The summed E-state index contributed by atoms with van der Waals surface area (Å²) in [6, 6.07) is -0.172. The van der Waals surface area contributed by atoms with E-state index in [0.717, 1.165) is 4.90 Å². The second-order valence-corrected chi connectivity index (χ2v) is 3.90. The van der Waals surface area contributed by atoms with Crippen molar-refractivity contribution in [3.8, 4) is 0 Å². The lowest BCUT2D eigenvalue weighted by molar-refractivity contribution is -0.153. The number of amides is 2. The molecule has 1 saturated heterocycles. The Bertz CT molecular complexity index is 300. The van der Waals surface area contributed by atoms with Crippen LogP contribution in [0.5, 0.6) is 0 Å². The summed E-state index contributed by atoms with van der Waals surface area (Å²) in [5.41, 5.74) is 0. The Morgan fingerprint density at radius 2 is 2.20 bits per heavy atom. The standard InChI is InChI=1S/C9H14N2O4/c1-5(2)6-3-11(4-7(12)13)9(15)8(14)10-6/h5-6H,3-4H2,1-2H3,(H,10,14)(H,12,13). The molecule has 2 N–H and O–H groups in total. The first-order valence-corrected chi connectivity index (χ1v) is 4.73. The molecule has 0 saturated carbocycles.